The zero-order chi connectivity index (χ0) is 16.6. The van der Waals surface area contributed by atoms with Crippen LogP contribution in [0.15, 0.2) is 29.2 Å². The van der Waals surface area contributed by atoms with E-state index in [1.54, 1.807) is 35.9 Å². The molecule has 1 aliphatic rings. The van der Waals surface area contributed by atoms with Gasteiger partial charge in [0.25, 0.3) is 0 Å². The first-order valence-electron chi connectivity index (χ1n) is 7.52. The summed E-state index contributed by atoms with van der Waals surface area (Å²) in [5.41, 5.74) is 1.91. The van der Waals surface area contributed by atoms with Crippen LogP contribution in [-0.2, 0) is 9.84 Å². The largest absolute Gasteiger partial charge is 0.367 e. The quantitative estimate of drug-likeness (QED) is 0.850. The van der Waals surface area contributed by atoms with Crippen molar-refractivity contribution in [1.29, 1.82) is 0 Å². The molecule has 0 bridgehead atoms. The highest BCUT2D eigenvalue weighted by molar-refractivity contribution is 7.90. The zero-order valence-electron chi connectivity index (χ0n) is 13.1. The normalized spacial score (nSPS) is 15.2. The number of sulfone groups is 1. The summed E-state index contributed by atoms with van der Waals surface area (Å²) < 4.78 is 24.8. The highest BCUT2D eigenvalue weighted by Crippen LogP contribution is 2.28. The fourth-order valence-corrected chi connectivity index (χ4v) is 3.22. The molecule has 2 aromatic rings. The zero-order valence-corrected chi connectivity index (χ0v) is 13.9. The monoisotopic (exact) mass is 333 g/mol. The molecule has 7 heteroatoms. The number of carbonyl (C=O) groups excluding carboxylic acids is 1. The van der Waals surface area contributed by atoms with Crippen molar-refractivity contribution in [3.05, 3.63) is 35.5 Å². The summed E-state index contributed by atoms with van der Waals surface area (Å²) in [5.74, 6) is 0.675. The van der Waals surface area contributed by atoms with E-state index in [2.05, 4.69) is 10.4 Å². The molecular formula is C16H19N3O3S. The third-order valence-corrected chi connectivity index (χ3v) is 5.31. The molecule has 0 unspecified atom stereocenters. The molecule has 23 heavy (non-hydrogen) atoms. The minimum absolute atomic E-state index is 0.259. The van der Waals surface area contributed by atoms with Crippen LogP contribution in [0.25, 0.3) is 5.69 Å². The Morgan fingerprint density at radius 3 is 2.39 bits per heavy atom. The van der Waals surface area contributed by atoms with Crippen LogP contribution in [0.2, 0.25) is 0 Å². The van der Waals surface area contributed by atoms with Crippen molar-refractivity contribution in [2.24, 2.45) is 0 Å². The predicted octanol–water partition coefficient (Wildman–Crippen LogP) is 2.36. The predicted molar refractivity (Wildman–Crippen MR) is 88.1 cm³/mol. The lowest BCUT2D eigenvalue weighted by atomic mass is 9.93. The van der Waals surface area contributed by atoms with Crippen molar-refractivity contribution in [3.63, 3.8) is 0 Å². The van der Waals surface area contributed by atoms with Crippen LogP contribution < -0.4 is 5.32 Å². The average Bonchev–Trinajstić information content (AvgIpc) is 2.78. The van der Waals surface area contributed by atoms with Gasteiger partial charge in [0, 0.05) is 12.3 Å². The standard InChI is InChI=1S/C16H19N3O3S/c1-11-15(10-20)16(17-12-4-3-5-12)19(18-11)13-6-8-14(9-7-13)23(2,21)22/h6-10,12,17H,3-5H2,1-2H3. The van der Waals surface area contributed by atoms with Crippen LogP contribution in [0.3, 0.4) is 0 Å². The van der Waals surface area contributed by atoms with E-state index in [4.69, 9.17) is 0 Å². The summed E-state index contributed by atoms with van der Waals surface area (Å²) >= 11 is 0. The van der Waals surface area contributed by atoms with Crippen LogP contribution in [0, 0.1) is 6.92 Å². The number of aldehydes is 1. The molecule has 0 radical (unpaired) electrons. The second-order valence-electron chi connectivity index (χ2n) is 5.92. The van der Waals surface area contributed by atoms with Crippen LogP contribution >= 0.6 is 0 Å². The van der Waals surface area contributed by atoms with Crippen molar-refractivity contribution in [1.82, 2.24) is 9.78 Å². The minimum Gasteiger partial charge on any atom is -0.367 e. The van der Waals surface area contributed by atoms with E-state index in [9.17, 15) is 13.2 Å². The van der Waals surface area contributed by atoms with Crippen molar-refractivity contribution < 1.29 is 13.2 Å². The first kappa shape index (κ1) is 15.7. The van der Waals surface area contributed by atoms with Gasteiger partial charge in [0.15, 0.2) is 16.1 Å². The van der Waals surface area contributed by atoms with E-state index in [1.807, 2.05) is 0 Å². The molecule has 6 nitrogen and oxygen atoms in total. The maximum Gasteiger partial charge on any atom is 0.175 e. The van der Waals surface area contributed by atoms with Gasteiger partial charge in [-0.05, 0) is 50.5 Å². The van der Waals surface area contributed by atoms with Crippen molar-refractivity contribution >= 4 is 21.9 Å². The molecule has 0 atom stereocenters. The first-order chi connectivity index (χ1) is 10.9. The lowest BCUT2D eigenvalue weighted by Crippen LogP contribution is -2.28. The summed E-state index contributed by atoms with van der Waals surface area (Å²) in [7, 11) is -3.23. The second-order valence-corrected chi connectivity index (χ2v) is 7.93. The maximum absolute atomic E-state index is 11.6. The highest BCUT2D eigenvalue weighted by Gasteiger charge is 2.23. The number of aryl methyl sites for hydroxylation is 1. The van der Waals surface area contributed by atoms with E-state index in [0.717, 1.165) is 24.8 Å². The van der Waals surface area contributed by atoms with E-state index in [-0.39, 0.29) is 4.90 Å². The molecule has 1 aliphatic carbocycles. The van der Waals surface area contributed by atoms with Crippen molar-refractivity contribution in [2.45, 2.75) is 37.1 Å². The number of anilines is 1. The Morgan fingerprint density at radius 2 is 1.91 bits per heavy atom. The molecule has 1 saturated carbocycles. The lowest BCUT2D eigenvalue weighted by molar-refractivity contribution is 0.112. The average molecular weight is 333 g/mol. The number of carbonyl (C=O) groups is 1. The van der Waals surface area contributed by atoms with E-state index in [1.165, 1.54) is 12.7 Å². The highest BCUT2D eigenvalue weighted by atomic mass is 32.2. The Labute approximate surface area is 135 Å². The number of hydrogen-bond donors (Lipinski definition) is 1. The van der Waals surface area contributed by atoms with Gasteiger partial charge in [0.05, 0.1) is 21.8 Å². The Morgan fingerprint density at radius 1 is 1.26 bits per heavy atom. The fourth-order valence-electron chi connectivity index (χ4n) is 2.59. The molecule has 1 aromatic heterocycles. The Bertz CT molecular complexity index is 834. The van der Waals surface area contributed by atoms with Gasteiger partial charge in [-0.3, -0.25) is 4.79 Å². The van der Waals surface area contributed by atoms with E-state index >= 15 is 0 Å². The summed E-state index contributed by atoms with van der Waals surface area (Å²) in [6, 6.07) is 6.86. The number of benzene rings is 1. The second kappa shape index (κ2) is 5.81. The summed E-state index contributed by atoms with van der Waals surface area (Å²) in [6.07, 6.45) is 5.33. The third kappa shape index (κ3) is 3.01. The summed E-state index contributed by atoms with van der Waals surface area (Å²) in [6.45, 7) is 1.79. The van der Waals surface area contributed by atoms with E-state index in [0.29, 0.717) is 23.1 Å². The first-order valence-corrected chi connectivity index (χ1v) is 9.41. The summed E-state index contributed by atoms with van der Waals surface area (Å²) in [4.78, 5) is 11.7. The molecule has 0 spiro atoms. The van der Waals surface area contributed by atoms with Crippen LogP contribution in [-0.4, -0.2) is 36.8 Å². The van der Waals surface area contributed by atoms with Gasteiger partial charge in [0.2, 0.25) is 0 Å². The molecule has 3 rings (SSSR count). The smallest absolute Gasteiger partial charge is 0.175 e. The van der Waals surface area contributed by atoms with Gasteiger partial charge in [0.1, 0.15) is 5.82 Å². The number of nitrogens with zero attached hydrogens (tertiary/aromatic N) is 2. The molecule has 1 N–H and O–H groups in total. The Kier molecular flexibility index (Phi) is 3.97. The SMILES string of the molecule is Cc1nn(-c2ccc(S(C)(=O)=O)cc2)c(NC2CCC2)c1C=O. The number of rotatable bonds is 5. The molecule has 0 amide bonds. The number of aromatic nitrogens is 2. The van der Waals surface area contributed by atoms with Gasteiger partial charge in [-0.1, -0.05) is 0 Å². The molecular weight excluding hydrogens is 314 g/mol. The topological polar surface area (TPSA) is 81.1 Å². The molecule has 1 fully saturated rings. The van der Waals surface area contributed by atoms with Gasteiger partial charge in [-0.15, -0.1) is 0 Å². The Hall–Kier alpha value is -2.15. The number of hydrogen-bond acceptors (Lipinski definition) is 5. The van der Waals surface area contributed by atoms with Crippen LogP contribution in [0.5, 0.6) is 0 Å². The third-order valence-electron chi connectivity index (χ3n) is 4.18. The maximum atomic E-state index is 11.6. The number of nitrogens with one attached hydrogen (secondary N) is 1. The van der Waals surface area contributed by atoms with Crippen molar-refractivity contribution in [2.75, 3.05) is 11.6 Å². The summed E-state index contributed by atoms with van der Waals surface area (Å²) in [5, 5.41) is 7.81. The molecule has 0 aliphatic heterocycles. The van der Waals surface area contributed by atoms with Gasteiger partial charge < -0.3 is 5.32 Å². The van der Waals surface area contributed by atoms with Crippen LogP contribution in [0.1, 0.15) is 35.3 Å². The minimum atomic E-state index is -3.23. The Balaban J connectivity index is 2.02. The van der Waals surface area contributed by atoms with Crippen LogP contribution in [0.4, 0.5) is 5.82 Å². The molecule has 122 valence electrons. The molecule has 1 aromatic carbocycles. The van der Waals surface area contributed by atoms with E-state index < -0.39 is 9.84 Å². The fraction of sp³-hybridized carbons (Fsp3) is 0.375. The van der Waals surface area contributed by atoms with Gasteiger partial charge in [-0.25, -0.2) is 13.1 Å². The molecule has 0 saturated heterocycles. The van der Waals surface area contributed by atoms with Gasteiger partial charge >= 0.3 is 0 Å². The van der Waals surface area contributed by atoms with Gasteiger partial charge in [-0.2, -0.15) is 5.10 Å². The molecule has 1 heterocycles. The van der Waals surface area contributed by atoms with Crippen molar-refractivity contribution in [3.8, 4) is 5.69 Å². The lowest BCUT2D eigenvalue weighted by Gasteiger charge is -2.28.